The number of methoxy groups -OCH3 is 2. The van der Waals surface area contributed by atoms with Crippen LogP contribution in [0.25, 0.3) is 0 Å². The van der Waals surface area contributed by atoms with Crippen molar-refractivity contribution in [2.45, 2.75) is 6.92 Å². The number of aryl methyl sites for hydroxylation is 1. The Morgan fingerprint density at radius 3 is 2.44 bits per heavy atom. The summed E-state index contributed by atoms with van der Waals surface area (Å²) in [6, 6.07) is 3.66. The number of anilines is 1. The summed E-state index contributed by atoms with van der Waals surface area (Å²) < 4.78 is 10.3. The normalized spacial score (nSPS) is 10.2. The van der Waals surface area contributed by atoms with Crippen LogP contribution in [0, 0.1) is 12.3 Å². The van der Waals surface area contributed by atoms with E-state index in [1.807, 2.05) is 13.0 Å². The van der Waals surface area contributed by atoms with Crippen LogP contribution < -0.4 is 14.9 Å². The van der Waals surface area contributed by atoms with Crippen molar-refractivity contribution in [1.29, 1.82) is 5.41 Å². The SMILES string of the molecule is COc1cc(C)c(N/N=C\C=N)cc1OC. The van der Waals surface area contributed by atoms with Gasteiger partial charge in [-0.15, -0.1) is 0 Å². The zero-order chi connectivity index (χ0) is 12.0. The molecule has 0 aliphatic carbocycles. The maximum atomic E-state index is 6.81. The van der Waals surface area contributed by atoms with Gasteiger partial charge in [0.2, 0.25) is 0 Å². The average molecular weight is 221 g/mol. The van der Waals surface area contributed by atoms with E-state index in [1.165, 1.54) is 6.21 Å². The van der Waals surface area contributed by atoms with Gasteiger partial charge in [0.05, 0.1) is 26.1 Å². The summed E-state index contributed by atoms with van der Waals surface area (Å²) in [5, 5.41) is 10.6. The molecule has 1 rings (SSSR count). The predicted octanol–water partition coefficient (Wildman–Crippen LogP) is 2.06. The highest BCUT2D eigenvalue weighted by atomic mass is 16.5. The lowest BCUT2D eigenvalue weighted by atomic mass is 10.2. The monoisotopic (exact) mass is 221 g/mol. The van der Waals surface area contributed by atoms with Gasteiger partial charge in [0.25, 0.3) is 0 Å². The van der Waals surface area contributed by atoms with E-state index in [0.29, 0.717) is 11.5 Å². The van der Waals surface area contributed by atoms with Crippen LogP contribution in [0.2, 0.25) is 0 Å². The van der Waals surface area contributed by atoms with E-state index in [4.69, 9.17) is 14.9 Å². The standard InChI is InChI=1S/C11H15N3O2/c1-8-6-10(15-2)11(16-3)7-9(8)14-13-5-4-12/h4-7,12,14H,1-3H3/b12-4?,13-5-. The van der Waals surface area contributed by atoms with E-state index >= 15 is 0 Å². The lowest BCUT2D eigenvalue weighted by molar-refractivity contribution is 0.355. The van der Waals surface area contributed by atoms with Crippen molar-refractivity contribution in [1.82, 2.24) is 0 Å². The topological polar surface area (TPSA) is 66.7 Å². The molecule has 1 aromatic carbocycles. The van der Waals surface area contributed by atoms with Crippen molar-refractivity contribution in [2.24, 2.45) is 5.10 Å². The minimum atomic E-state index is 0.639. The van der Waals surface area contributed by atoms with Gasteiger partial charge in [-0.3, -0.25) is 5.43 Å². The summed E-state index contributed by atoms with van der Waals surface area (Å²) in [6.45, 7) is 1.93. The molecule has 0 spiro atoms. The Morgan fingerprint density at radius 1 is 1.25 bits per heavy atom. The van der Waals surface area contributed by atoms with Crippen LogP contribution in [0.1, 0.15) is 5.56 Å². The molecule has 0 bridgehead atoms. The van der Waals surface area contributed by atoms with Crippen molar-refractivity contribution in [2.75, 3.05) is 19.6 Å². The summed E-state index contributed by atoms with van der Waals surface area (Å²) in [7, 11) is 3.18. The number of hydrazone groups is 1. The second-order valence-electron chi connectivity index (χ2n) is 3.08. The second kappa shape index (κ2) is 5.75. The largest absolute Gasteiger partial charge is 0.493 e. The maximum absolute atomic E-state index is 6.81. The molecule has 5 nitrogen and oxygen atoms in total. The molecule has 5 heteroatoms. The first-order valence-electron chi connectivity index (χ1n) is 4.73. The quantitative estimate of drug-likeness (QED) is 0.590. The minimum absolute atomic E-state index is 0.639. The number of hydrogen-bond donors (Lipinski definition) is 2. The van der Waals surface area contributed by atoms with Crippen LogP contribution in [-0.2, 0) is 0 Å². The van der Waals surface area contributed by atoms with Gasteiger partial charge in [-0.25, -0.2) is 0 Å². The molecule has 1 aromatic rings. The number of rotatable bonds is 5. The zero-order valence-electron chi connectivity index (χ0n) is 9.57. The molecule has 0 unspecified atom stereocenters. The van der Waals surface area contributed by atoms with Gasteiger partial charge < -0.3 is 14.9 Å². The number of benzene rings is 1. The van der Waals surface area contributed by atoms with Crippen LogP contribution >= 0.6 is 0 Å². The molecule has 0 aliphatic rings. The first kappa shape index (κ1) is 12.0. The molecule has 0 aromatic heterocycles. The smallest absolute Gasteiger partial charge is 0.162 e. The van der Waals surface area contributed by atoms with Crippen LogP contribution in [-0.4, -0.2) is 26.6 Å². The highest BCUT2D eigenvalue weighted by Crippen LogP contribution is 2.32. The Labute approximate surface area is 94.6 Å². The molecular weight excluding hydrogens is 206 g/mol. The molecule has 16 heavy (non-hydrogen) atoms. The van der Waals surface area contributed by atoms with Crippen molar-refractivity contribution in [3.05, 3.63) is 17.7 Å². The summed E-state index contributed by atoms with van der Waals surface area (Å²) >= 11 is 0. The Bertz CT molecular complexity index is 402. The van der Waals surface area contributed by atoms with Crippen molar-refractivity contribution >= 4 is 18.1 Å². The molecule has 0 amide bonds. The first-order valence-corrected chi connectivity index (χ1v) is 4.73. The lowest BCUT2D eigenvalue weighted by Gasteiger charge is -2.11. The lowest BCUT2D eigenvalue weighted by Crippen LogP contribution is -1.96. The number of nitrogens with one attached hydrogen (secondary N) is 2. The minimum Gasteiger partial charge on any atom is -0.493 e. The van der Waals surface area contributed by atoms with Crippen LogP contribution in [0.4, 0.5) is 5.69 Å². The predicted molar refractivity (Wildman–Crippen MR) is 65.2 cm³/mol. The molecule has 0 heterocycles. The summed E-state index contributed by atoms with van der Waals surface area (Å²) in [6.07, 6.45) is 2.46. The van der Waals surface area contributed by atoms with Gasteiger partial charge in [-0.1, -0.05) is 0 Å². The fourth-order valence-corrected chi connectivity index (χ4v) is 1.25. The Kier molecular flexibility index (Phi) is 4.32. The Balaban J connectivity index is 3.01. The van der Waals surface area contributed by atoms with E-state index in [2.05, 4.69) is 10.5 Å². The molecule has 0 saturated carbocycles. The van der Waals surface area contributed by atoms with Crippen molar-refractivity contribution in [3.8, 4) is 11.5 Å². The third-order valence-electron chi connectivity index (χ3n) is 2.06. The van der Waals surface area contributed by atoms with Gasteiger partial charge in [0.15, 0.2) is 11.5 Å². The van der Waals surface area contributed by atoms with Gasteiger partial charge >= 0.3 is 0 Å². The van der Waals surface area contributed by atoms with Gasteiger partial charge in [-0.2, -0.15) is 5.10 Å². The average Bonchev–Trinajstić information content (AvgIpc) is 2.31. The molecule has 0 fully saturated rings. The van der Waals surface area contributed by atoms with Crippen LogP contribution in [0.5, 0.6) is 11.5 Å². The maximum Gasteiger partial charge on any atom is 0.162 e. The highest BCUT2D eigenvalue weighted by molar-refractivity contribution is 6.14. The molecule has 0 atom stereocenters. The zero-order valence-corrected chi connectivity index (χ0v) is 9.57. The summed E-state index contributed by atoms with van der Waals surface area (Å²) in [5.41, 5.74) is 4.62. The molecule has 0 saturated heterocycles. The van der Waals surface area contributed by atoms with E-state index in [0.717, 1.165) is 17.5 Å². The van der Waals surface area contributed by atoms with Crippen LogP contribution in [0.3, 0.4) is 0 Å². The van der Waals surface area contributed by atoms with Crippen molar-refractivity contribution < 1.29 is 9.47 Å². The van der Waals surface area contributed by atoms with E-state index in [9.17, 15) is 0 Å². The molecule has 2 N–H and O–H groups in total. The second-order valence-corrected chi connectivity index (χ2v) is 3.08. The number of ether oxygens (including phenoxy) is 2. The highest BCUT2D eigenvalue weighted by Gasteiger charge is 2.07. The summed E-state index contributed by atoms with van der Waals surface area (Å²) in [5.74, 6) is 1.32. The first-order chi connectivity index (χ1) is 7.72. The third-order valence-corrected chi connectivity index (χ3v) is 2.06. The molecule has 0 aliphatic heterocycles. The van der Waals surface area contributed by atoms with Crippen molar-refractivity contribution in [3.63, 3.8) is 0 Å². The van der Waals surface area contributed by atoms with Gasteiger partial charge in [0, 0.05) is 12.3 Å². The molecule has 86 valence electrons. The van der Waals surface area contributed by atoms with E-state index in [1.54, 1.807) is 20.3 Å². The fraction of sp³-hybridized carbons (Fsp3) is 0.273. The number of nitrogens with zero attached hydrogens (tertiary/aromatic N) is 1. The van der Waals surface area contributed by atoms with Gasteiger partial charge in [-0.05, 0) is 18.6 Å². The van der Waals surface area contributed by atoms with Gasteiger partial charge in [0.1, 0.15) is 0 Å². The molecule has 0 radical (unpaired) electrons. The summed E-state index contributed by atoms with van der Waals surface area (Å²) in [4.78, 5) is 0. The number of hydrogen-bond acceptors (Lipinski definition) is 5. The van der Waals surface area contributed by atoms with E-state index in [-0.39, 0.29) is 0 Å². The van der Waals surface area contributed by atoms with E-state index < -0.39 is 0 Å². The molecular formula is C11H15N3O2. The third kappa shape index (κ3) is 2.73. The fourth-order valence-electron chi connectivity index (χ4n) is 1.25. The Hall–Kier alpha value is -2.04. The van der Waals surface area contributed by atoms with Crippen LogP contribution in [0.15, 0.2) is 17.2 Å². The Morgan fingerprint density at radius 2 is 1.88 bits per heavy atom.